The van der Waals surface area contributed by atoms with Gasteiger partial charge in [0.05, 0.1) is 46.3 Å². The molecule has 1 amide bonds. The number of rotatable bonds is 13. The highest BCUT2D eigenvalue weighted by molar-refractivity contribution is 5.95. The molecule has 8 heteroatoms. The lowest BCUT2D eigenvalue weighted by atomic mass is 9.82. The fourth-order valence-corrected chi connectivity index (χ4v) is 7.36. The van der Waals surface area contributed by atoms with Crippen LogP contribution in [-0.4, -0.2) is 92.5 Å². The van der Waals surface area contributed by atoms with E-state index in [1.807, 2.05) is 29.2 Å². The van der Waals surface area contributed by atoms with Crippen molar-refractivity contribution in [3.8, 4) is 5.75 Å². The third-order valence-corrected chi connectivity index (χ3v) is 9.49. The summed E-state index contributed by atoms with van der Waals surface area (Å²) in [6, 6.07) is 14.3. The predicted molar refractivity (Wildman–Crippen MR) is 173 cm³/mol. The zero-order valence-corrected chi connectivity index (χ0v) is 27.2. The van der Waals surface area contributed by atoms with Crippen molar-refractivity contribution in [1.82, 2.24) is 4.90 Å². The predicted octanol–water partition coefficient (Wildman–Crippen LogP) is 5.48. The van der Waals surface area contributed by atoms with Crippen LogP contribution in [-0.2, 0) is 27.3 Å². The minimum atomic E-state index is -0.785. The SMILES string of the molecule is CCCCN(C(=O)CN1C[C@H](c2ccc3c(c2)CCO3)[C@@H](C(=O)O)[C@@H]1CCC1CCCCO1)c1cccc(C[N+](C)(C)C)c1. The van der Waals surface area contributed by atoms with Crippen molar-refractivity contribution in [2.24, 2.45) is 5.92 Å². The van der Waals surface area contributed by atoms with Crippen LogP contribution in [0.15, 0.2) is 42.5 Å². The van der Waals surface area contributed by atoms with Gasteiger partial charge in [-0.2, -0.15) is 0 Å². The van der Waals surface area contributed by atoms with Gasteiger partial charge in [-0.15, -0.1) is 0 Å². The molecule has 2 fully saturated rings. The van der Waals surface area contributed by atoms with Crippen molar-refractivity contribution in [2.45, 2.75) is 82.9 Å². The minimum absolute atomic E-state index is 0.0342. The second-order valence-electron chi connectivity index (χ2n) is 14.0. The molecule has 3 aliphatic heterocycles. The first-order valence-corrected chi connectivity index (χ1v) is 16.7. The van der Waals surface area contributed by atoms with Gasteiger partial charge in [0.1, 0.15) is 12.3 Å². The molecule has 3 aliphatic rings. The molecule has 0 aliphatic carbocycles. The Hall–Kier alpha value is -2.94. The van der Waals surface area contributed by atoms with Crippen molar-refractivity contribution in [3.05, 3.63) is 59.2 Å². The number of unbranched alkanes of at least 4 members (excludes halogenated alkanes) is 1. The highest BCUT2D eigenvalue weighted by Gasteiger charge is 2.47. The first-order chi connectivity index (χ1) is 21.1. The molecule has 2 saturated heterocycles. The van der Waals surface area contributed by atoms with Crippen molar-refractivity contribution in [3.63, 3.8) is 0 Å². The van der Waals surface area contributed by atoms with Gasteiger partial charge in [-0.1, -0.05) is 37.6 Å². The first-order valence-electron chi connectivity index (χ1n) is 16.7. The number of amides is 1. The summed E-state index contributed by atoms with van der Waals surface area (Å²) in [5, 5.41) is 10.6. The molecule has 0 spiro atoms. The molecule has 44 heavy (non-hydrogen) atoms. The smallest absolute Gasteiger partial charge is 0.308 e. The van der Waals surface area contributed by atoms with Crippen molar-refractivity contribution >= 4 is 17.6 Å². The fourth-order valence-electron chi connectivity index (χ4n) is 7.36. The number of aliphatic carboxylic acids is 1. The molecular weight excluding hydrogens is 554 g/mol. The monoisotopic (exact) mass is 606 g/mol. The van der Waals surface area contributed by atoms with E-state index >= 15 is 0 Å². The topological polar surface area (TPSA) is 79.3 Å². The zero-order chi connectivity index (χ0) is 31.3. The van der Waals surface area contributed by atoms with Gasteiger partial charge in [-0.25, -0.2) is 0 Å². The molecule has 240 valence electrons. The number of fused-ring (bicyclic) bond motifs is 1. The molecule has 0 saturated carbocycles. The summed E-state index contributed by atoms with van der Waals surface area (Å²) >= 11 is 0. The summed E-state index contributed by atoms with van der Waals surface area (Å²) in [5.74, 6) is -0.640. The molecule has 0 radical (unpaired) electrons. The number of nitrogens with zero attached hydrogens (tertiary/aromatic N) is 3. The van der Waals surface area contributed by atoms with Gasteiger partial charge in [-0.3, -0.25) is 14.5 Å². The number of hydrogen-bond acceptors (Lipinski definition) is 5. The van der Waals surface area contributed by atoms with E-state index in [0.717, 1.165) is 85.1 Å². The highest BCUT2D eigenvalue weighted by atomic mass is 16.5. The summed E-state index contributed by atoms with van der Waals surface area (Å²) < 4.78 is 12.6. The highest BCUT2D eigenvalue weighted by Crippen LogP contribution is 2.42. The number of likely N-dealkylation sites (tertiary alicyclic amines) is 1. The number of benzene rings is 2. The Bertz CT molecular complexity index is 1280. The van der Waals surface area contributed by atoms with Crippen LogP contribution in [0, 0.1) is 5.92 Å². The summed E-state index contributed by atoms with van der Waals surface area (Å²) in [6.07, 6.45) is 7.68. The molecule has 2 aromatic rings. The van der Waals surface area contributed by atoms with Gasteiger partial charge in [0.15, 0.2) is 0 Å². The maximum Gasteiger partial charge on any atom is 0.308 e. The van der Waals surface area contributed by atoms with E-state index in [4.69, 9.17) is 9.47 Å². The van der Waals surface area contributed by atoms with E-state index in [1.54, 1.807) is 0 Å². The average molecular weight is 607 g/mol. The summed E-state index contributed by atoms with van der Waals surface area (Å²) in [5.41, 5.74) is 4.30. The molecule has 1 unspecified atom stereocenters. The Balaban J connectivity index is 1.41. The number of anilines is 1. The van der Waals surface area contributed by atoms with E-state index < -0.39 is 11.9 Å². The third kappa shape index (κ3) is 8.01. The third-order valence-electron chi connectivity index (χ3n) is 9.49. The maximum absolute atomic E-state index is 14.2. The second kappa shape index (κ2) is 14.4. The van der Waals surface area contributed by atoms with Gasteiger partial charge in [0, 0.05) is 49.3 Å². The van der Waals surface area contributed by atoms with E-state index in [9.17, 15) is 14.7 Å². The van der Waals surface area contributed by atoms with Gasteiger partial charge >= 0.3 is 5.97 Å². The number of hydrogen-bond donors (Lipinski definition) is 1. The minimum Gasteiger partial charge on any atom is -0.493 e. The van der Waals surface area contributed by atoms with Crippen LogP contribution >= 0.6 is 0 Å². The molecule has 0 bridgehead atoms. The van der Waals surface area contributed by atoms with Crippen LogP contribution in [0.2, 0.25) is 0 Å². The Kier molecular flexibility index (Phi) is 10.7. The van der Waals surface area contributed by atoms with Gasteiger partial charge < -0.3 is 24.0 Å². The van der Waals surface area contributed by atoms with Gasteiger partial charge in [0.25, 0.3) is 0 Å². The fraction of sp³-hybridized carbons (Fsp3) is 0.611. The van der Waals surface area contributed by atoms with Crippen LogP contribution in [0.4, 0.5) is 5.69 Å². The van der Waals surface area contributed by atoms with Crippen LogP contribution in [0.3, 0.4) is 0 Å². The molecule has 3 heterocycles. The lowest BCUT2D eigenvalue weighted by Gasteiger charge is -2.31. The van der Waals surface area contributed by atoms with E-state index in [-0.39, 0.29) is 30.5 Å². The van der Waals surface area contributed by atoms with Crippen LogP contribution in [0.25, 0.3) is 0 Å². The number of carboxylic acids is 1. The normalized spacial score (nSPS) is 23.7. The number of carbonyl (C=O) groups excluding carboxylic acids is 1. The molecule has 0 aromatic heterocycles. The molecule has 4 atom stereocenters. The molecule has 2 aromatic carbocycles. The number of carboxylic acid groups (broad SMARTS) is 1. The average Bonchev–Trinajstić information content (AvgIpc) is 3.60. The standard InChI is InChI=1S/C36H51N3O5/c1-5-6-18-38(29-11-9-10-26(21-29)25-39(2,3)4)34(40)24-37-23-31(27-13-16-33-28(22-27)17-20-44-33)35(36(41)42)32(37)15-14-30-12-7-8-19-43-30/h9-11,13,16,21-22,30-32,35H,5-8,12,14-15,17-20,23-25H2,1-4H3/p+1/t30?,31-,32+,35-/m1/s1. The number of ether oxygens (including phenoxy) is 2. The zero-order valence-electron chi connectivity index (χ0n) is 27.2. The van der Waals surface area contributed by atoms with Crippen molar-refractivity contribution in [1.29, 1.82) is 0 Å². The Morgan fingerprint density at radius 1 is 1.07 bits per heavy atom. The van der Waals surface area contributed by atoms with Crippen molar-refractivity contribution < 1.29 is 28.7 Å². The van der Waals surface area contributed by atoms with E-state index in [0.29, 0.717) is 26.1 Å². The lowest BCUT2D eigenvalue weighted by Crippen LogP contribution is -2.45. The Morgan fingerprint density at radius 3 is 2.64 bits per heavy atom. The summed E-state index contributed by atoms with van der Waals surface area (Å²) in [4.78, 5) is 31.3. The van der Waals surface area contributed by atoms with Gasteiger partial charge in [-0.05, 0) is 67.9 Å². The number of carbonyl (C=O) groups is 2. The largest absolute Gasteiger partial charge is 0.493 e. The molecular formula is C36H52N3O5+. The molecule has 5 rings (SSSR count). The van der Waals surface area contributed by atoms with Crippen molar-refractivity contribution in [2.75, 3.05) is 58.9 Å². The molecule has 8 nitrogen and oxygen atoms in total. The van der Waals surface area contributed by atoms with E-state index in [2.05, 4.69) is 51.2 Å². The summed E-state index contributed by atoms with van der Waals surface area (Å²) in [7, 11) is 6.51. The Morgan fingerprint density at radius 2 is 1.91 bits per heavy atom. The Labute approximate surface area is 263 Å². The quantitative estimate of drug-likeness (QED) is 0.305. The number of quaternary nitrogens is 1. The van der Waals surface area contributed by atoms with Crippen LogP contribution < -0.4 is 9.64 Å². The van der Waals surface area contributed by atoms with Crippen LogP contribution in [0.5, 0.6) is 5.75 Å². The van der Waals surface area contributed by atoms with Gasteiger partial charge in [0.2, 0.25) is 5.91 Å². The molecule has 1 N–H and O–H groups in total. The van der Waals surface area contributed by atoms with Crippen LogP contribution in [0.1, 0.15) is 74.5 Å². The lowest BCUT2D eigenvalue weighted by molar-refractivity contribution is -0.884. The first kappa shape index (κ1) is 32.5. The summed E-state index contributed by atoms with van der Waals surface area (Å²) in [6.45, 7) is 5.85. The van der Waals surface area contributed by atoms with E-state index in [1.165, 1.54) is 5.56 Å². The second-order valence-corrected chi connectivity index (χ2v) is 14.0. The maximum atomic E-state index is 14.2.